The molecule has 0 aromatic heterocycles. The fourth-order valence-electron chi connectivity index (χ4n) is 1.98. The first-order chi connectivity index (χ1) is 8.69. The lowest BCUT2D eigenvalue weighted by molar-refractivity contribution is -0.0123. The van der Waals surface area contributed by atoms with Gasteiger partial charge in [-0.25, -0.2) is 0 Å². The number of hydrogen-bond acceptors (Lipinski definition) is 1. The molecule has 0 radical (unpaired) electrons. The molecule has 3 heteroatoms. The Morgan fingerprint density at radius 3 is 2.83 bits per heavy atom. The van der Waals surface area contributed by atoms with Crippen molar-refractivity contribution < 1.29 is 4.74 Å². The van der Waals surface area contributed by atoms with E-state index in [9.17, 15) is 0 Å². The van der Waals surface area contributed by atoms with Gasteiger partial charge in [-0.2, -0.15) is 0 Å². The number of rotatable bonds is 3. The summed E-state index contributed by atoms with van der Waals surface area (Å²) in [5.41, 5.74) is 0. The van der Waals surface area contributed by atoms with Gasteiger partial charge in [0.05, 0.1) is 17.6 Å². The molecule has 0 spiro atoms. The summed E-state index contributed by atoms with van der Waals surface area (Å²) in [5.74, 6) is 2.49. The highest BCUT2D eigenvalue weighted by molar-refractivity contribution is 9.09. The number of hydrogen-bond donors (Lipinski definition) is 0. The summed E-state index contributed by atoms with van der Waals surface area (Å²) in [6.45, 7) is 2.14. The van der Waals surface area contributed by atoms with Crippen LogP contribution in [0.3, 0.4) is 0 Å². The molecule has 0 bridgehead atoms. The van der Waals surface area contributed by atoms with Crippen LogP contribution in [0, 0.1) is 12.3 Å². The Balaban J connectivity index is 2.73. The molecule has 1 aliphatic rings. The van der Waals surface area contributed by atoms with Gasteiger partial charge in [-0.1, -0.05) is 47.0 Å². The van der Waals surface area contributed by atoms with E-state index < -0.39 is 0 Å². The first kappa shape index (κ1) is 15.8. The van der Waals surface area contributed by atoms with Crippen molar-refractivity contribution in [1.29, 1.82) is 0 Å². The fraction of sp³-hybridized carbons (Fsp3) is 0.600. The zero-order chi connectivity index (χ0) is 13.4. The molecule has 1 nitrogen and oxygen atoms in total. The van der Waals surface area contributed by atoms with Crippen molar-refractivity contribution in [3.63, 3.8) is 0 Å². The van der Waals surface area contributed by atoms with Crippen molar-refractivity contribution in [1.82, 2.24) is 0 Å². The molecule has 0 saturated heterocycles. The number of alkyl halides is 2. The lowest BCUT2D eigenvalue weighted by atomic mass is 10.1. The Morgan fingerprint density at radius 1 is 1.44 bits per heavy atom. The van der Waals surface area contributed by atoms with Gasteiger partial charge < -0.3 is 4.74 Å². The summed E-state index contributed by atoms with van der Waals surface area (Å²) in [6.07, 6.45) is 17.0. The molecule has 1 aliphatic heterocycles. The summed E-state index contributed by atoms with van der Waals surface area (Å²) >= 11 is 10.1. The second kappa shape index (κ2) is 8.80. The zero-order valence-corrected chi connectivity index (χ0v) is 13.0. The van der Waals surface area contributed by atoms with Crippen LogP contribution in [0.4, 0.5) is 0 Å². The molecule has 0 fully saturated rings. The smallest absolute Gasteiger partial charge is 0.0780 e. The van der Waals surface area contributed by atoms with Gasteiger partial charge >= 0.3 is 0 Å². The summed E-state index contributed by atoms with van der Waals surface area (Å²) in [7, 11) is 0. The maximum Gasteiger partial charge on any atom is 0.0780 e. The minimum Gasteiger partial charge on any atom is -0.372 e. The van der Waals surface area contributed by atoms with E-state index in [-0.39, 0.29) is 17.6 Å². The van der Waals surface area contributed by atoms with Crippen LogP contribution >= 0.6 is 27.5 Å². The third kappa shape index (κ3) is 5.18. The van der Waals surface area contributed by atoms with E-state index in [4.69, 9.17) is 22.8 Å². The largest absolute Gasteiger partial charge is 0.372 e. The fourth-order valence-corrected chi connectivity index (χ4v) is 2.96. The normalized spacial score (nSPS) is 35.4. The Kier molecular flexibility index (Phi) is 7.74. The highest BCUT2D eigenvalue weighted by Crippen LogP contribution is 2.26. The highest BCUT2D eigenvalue weighted by atomic mass is 79.9. The van der Waals surface area contributed by atoms with E-state index >= 15 is 0 Å². The summed E-state index contributed by atoms with van der Waals surface area (Å²) < 4.78 is 6.15. The van der Waals surface area contributed by atoms with Gasteiger partial charge in [0.25, 0.3) is 0 Å². The number of halogens is 2. The van der Waals surface area contributed by atoms with E-state index in [1.54, 1.807) is 6.08 Å². The first-order valence-electron chi connectivity index (χ1n) is 6.38. The molecule has 1 rings (SSSR count). The van der Waals surface area contributed by atoms with E-state index in [0.717, 1.165) is 25.7 Å². The van der Waals surface area contributed by atoms with Gasteiger partial charge in [-0.3, -0.25) is 0 Å². The van der Waals surface area contributed by atoms with Crippen LogP contribution in [0.1, 0.15) is 32.6 Å². The molecule has 0 N–H and O–H groups in total. The molecule has 18 heavy (non-hydrogen) atoms. The summed E-state index contributed by atoms with van der Waals surface area (Å²) in [5, 5.41) is -0.00414. The second-order valence-electron chi connectivity index (χ2n) is 4.40. The molecule has 1 heterocycles. The van der Waals surface area contributed by atoms with Gasteiger partial charge in [0.2, 0.25) is 0 Å². The SMILES string of the molecule is C#C/C=C/C[C@@H]1O[C@@H](CC)[C@H](Br)C/C=C\C[C@@H]1Cl. The molecule has 0 aromatic carbocycles. The van der Waals surface area contributed by atoms with Crippen LogP contribution in [-0.4, -0.2) is 22.4 Å². The molecular weight excluding hydrogens is 312 g/mol. The average molecular weight is 332 g/mol. The molecular formula is C15H20BrClO. The molecule has 0 aromatic rings. The van der Waals surface area contributed by atoms with Crippen LogP contribution in [0.2, 0.25) is 0 Å². The predicted molar refractivity (Wildman–Crippen MR) is 82.3 cm³/mol. The third-order valence-electron chi connectivity index (χ3n) is 3.03. The van der Waals surface area contributed by atoms with Crippen LogP contribution in [0.15, 0.2) is 24.3 Å². The maximum absolute atomic E-state index is 6.40. The standard InChI is InChI=1S/C15H20BrClO/c1-3-5-6-11-15-13(17)10-8-7-9-12(16)14(4-2)18-15/h1,5-8,12-15H,4,9-11H2,2H3/b6-5+,8-7-/t12-,13+,14+,15+/m1/s1. The first-order valence-corrected chi connectivity index (χ1v) is 7.74. The highest BCUT2D eigenvalue weighted by Gasteiger charge is 2.26. The Morgan fingerprint density at radius 2 is 2.17 bits per heavy atom. The monoisotopic (exact) mass is 330 g/mol. The Labute approximate surface area is 124 Å². The van der Waals surface area contributed by atoms with Crippen molar-refractivity contribution in [2.45, 2.75) is 55.0 Å². The lowest BCUT2D eigenvalue weighted by Crippen LogP contribution is -2.33. The Bertz CT molecular complexity index is 332. The number of allylic oxidation sites excluding steroid dienone is 3. The van der Waals surface area contributed by atoms with Crippen molar-refractivity contribution in [2.24, 2.45) is 0 Å². The average Bonchev–Trinajstić information content (AvgIpc) is 2.43. The van der Waals surface area contributed by atoms with Crippen molar-refractivity contribution in [2.75, 3.05) is 0 Å². The molecule has 0 amide bonds. The van der Waals surface area contributed by atoms with E-state index in [2.05, 4.69) is 40.9 Å². The number of ether oxygens (including phenoxy) is 1. The van der Waals surface area contributed by atoms with Crippen LogP contribution in [-0.2, 0) is 4.74 Å². The topological polar surface area (TPSA) is 9.23 Å². The van der Waals surface area contributed by atoms with Gasteiger partial charge in [-0.15, -0.1) is 18.0 Å². The van der Waals surface area contributed by atoms with E-state index in [1.807, 2.05) is 6.08 Å². The maximum atomic E-state index is 6.40. The van der Waals surface area contributed by atoms with Gasteiger partial charge in [0.1, 0.15) is 0 Å². The molecule has 0 aliphatic carbocycles. The lowest BCUT2D eigenvalue weighted by Gasteiger charge is -2.28. The molecule has 0 saturated carbocycles. The van der Waals surface area contributed by atoms with Gasteiger partial charge in [-0.05, 0) is 31.8 Å². The van der Waals surface area contributed by atoms with Crippen molar-refractivity contribution >= 4 is 27.5 Å². The summed E-state index contributed by atoms with van der Waals surface area (Å²) in [4.78, 5) is 0.347. The molecule has 0 unspecified atom stereocenters. The predicted octanol–water partition coefficient (Wildman–Crippen LogP) is 4.45. The molecule has 100 valence electrons. The van der Waals surface area contributed by atoms with E-state index in [1.165, 1.54) is 0 Å². The van der Waals surface area contributed by atoms with E-state index in [0.29, 0.717) is 4.83 Å². The number of terminal acetylenes is 1. The zero-order valence-electron chi connectivity index (χ0n) is 10.7. The van der Waals surface area contributed by atoms with Crippen LogP contribution < -0.4 is 0 Å². The quantitative estimate of drug-likeness (QED) is 0.422. The minimum atomic E-state index is -0.00414. The van der Waals surface area contributed by atoms with Crippen molar-refractivity contribution in [3.8, 4) is 12.3 Å². The Hall–Kier alpha value is -0.230. The van der Waals surface area contributed by atoms with Gasteiger partial charge in [0.15, 0.2) is 0 Å². The molecule has 4 atom stereocenters. The third-order valence-corrected chi connectivity index (χ3v) is 4.45. The van der Waals surface area contributed by atoms with Crippen LogP contribution in [0.5, 0.6) is 0 Å². The van der Waals surface area contributed by atoms with Crippen LogP contribution in [0.25, 0.3) is 0 Å². The van der Waals surface area contributed by atoms with Gasteiger partial charge in [0, 0.05) is 4.83 Å². The minimum absolute atomic E-state index is 0.00414. The second-order valence-corrected chi connectivity index (χ2v) is 6.14. The van der Waals surface area contributed by atoms with Crippen molar-refractivity contribution in [3.05, 3.63) is 24.3 Å². The summed E-state index contributed by atoms with van der Waals surface area (Å²) in [6, 6.07) is 0.